The highest BCUT2D eigenvalue weighted by molar-refractivity contribution is 5.96. The number of hydrogen-bond acceptors (Lipinski definition) is 2. The Morgan fingerprint density at radius 1 is 1.19 bits per heavy atom. The van der Waals surface area contributed by atoms with Crippen LogP contribution in [0.5, 0.6) is 0 Å². The topological polar surface area (TPSA) is 74.6 Å². The van der Waals surface area contributed by atoms with Crippen molar-refractivity contribution in [3.05, 3.63) is 11.1 Å². The first-order valence-electron chi connectivity index (χ1n) is 4.35. The third-order valence-electron chi connectivity index (χ3n) is 2.10. The van der Waals surface area contributed by atoms with Crippen molar-refractivity contribution < 1.29 is 33.0 Å². The van der Waals surface area contributed by atoms with E-state index in [0.29, 0.717) is 0 Å². The molecule has 0 rings (SSSR count). The fourth-order valence-corrected chi connectivity index (χ4v) is 1.35. The van der Waals surface area contributed by atoms with Gasteiger partial charge in [-0.15, -0.1) is 0 Å². The Morgan fingerprint density at radius 2 is 1.56 bits per heavy atom. The van der Waals surface area contributed by atoms with Crippen LogP contribution in [-0.2, 0) is 9.59 Å². The summed E-state index contributed by atoms with van der Waals surface area (Å²) in [6, 6.07) is 0. The molecule has 4 nitrogen and oxygen atoms in total. The summed E-state index contributed by atoms with van der Waals surface area (Å²) in [6.07, 6.45) is -5.17. The van der Waals surface area contributed by atoms with Crippen molar-refractivity contribution in [1.82, 2.24) is 0 Å². The van der Waals surface area contributed by atoms with Crippen LogP contribution in [0.4, 0.5) is 13.2 Å². The molecule has 0 saturated carbocycles. The van der Waals surface area contributed by atoms with E-state index in [1.807, 2.05) is 0 Å². The van der Waals surface area contributed by atoms with Crippen LogP contribution in [0.1, 0.15) is 20.3 Å². The van der Waals surface area contributed by atoms with Crippen molar-refractivity contribution in [2.24, 2.45) is 5.92 Å². The number of carboxylic acid groups (broad SMARTS) is 2. The van der Waals surface area contributed by atoms with Crippen LogP contribution in [0, 0.1) is 5.92 Å². The molecule has 0 aromatic carbocycles. The van der Waals surface area contributed by atoms with Crippen LogP contribution < -0.4 is 0 Å². The Bertz CT molecular complexity index is 316. The van der Waals surface area contributed by atoms with Gasteiger partial charge < -0.3 is 10.2 Å². The van der Waals surface area contributed by atoms with Gasteiger partial charge in [-0.2, -0.15) is 13.2 Å². The lowest BCUT2D eigenvalue weighted by atomic mass is 9.94. The van der Waals surface area contributed by atoms with E-state index in [1.165, 1.54) is 6.92 Å². The molecule has 0 fully saturated rings. The molecule has 7 heteroatoms. The summed E-state index contributed by atoms with van der Waals surface area (Å²) >= 11 is 0. The third-order valence-corrected chi connectivity index (χ3v) is 2.10. The van der Waals surface area contributed by atoms with Gasteiger partial charge in [0.05, 0.1) is 0 Å². The van der Waals surface area contributed by atoms with Crippen molar-refractivity contribution in [2.75, 3.05) is 0 Å². The highest BCUT2D eigenvalue weighted by Crippen LogP contribution is 2.33. The minimum Gasteiger partial charge on any atom is -0.480 e. The first-order valence-corrected chi connectivity index (χ1v) is 4.35. The van der Waals surface area contributed by atoms with Crippen molar-refractivity contribution in [1.29, 1.82) is 0 Å². The van der Waals surface area contributed by atoms with Crippen molar-refractivity contribution in [2.45, 2.75) is 26.4 Å². The van der Waals surface area contributed by atoms with Crippen LogP contribution in [0.2, 0.25) is 0 Å². The van der Waals surface area contributed by atoms with Crippen LogP contribution in [-0.4, -0.2) is 28.3 Å². The number of halogens is 3. The van der Waals surface area contributed by atoms with Gasteiger partial charge in [-0.1, -0.05) is 6.92 Å². The average Bonchev–Trinajstić information content (AvgIpc) is 1.99. The number of alkyl halides is 3. The number of hydrogen-bond donors (Lipinski definition) is 2. The van der Waals surface area contributed by atoms with Crippen LogP contribution in [0.3, 0.4) is 0 Å². The molecule has 0 amide bonds. The van der Waals surface area contributed by atoms with Gasteiger partial charge in [-0.25, -0.2) is 0 Å². The molecule has 0 aromatic heterocycles. The summed E-state index contributed by atoms with van der Waals surface area (Å²) in [5.41, 5.74) is -1.79. The van der Waals surface area contributed by atoms with E-state index in [9.17, 15) is 22.8 Å². The second-order valence-corrected chi connectivity index (χ2v) is 3.12. The number of carboxylic acids is 2. The number of carbonyl (C=O) groups is 2. The summed E-state index contributed by atoms with van der Waals surface area (Å²) in [7, 11) is 0. The molecule has 0 aromatic rings. The van der Waals surface area contributed by atoms with E-state index in [4.69, 9.17) is 10.2 Å². The van der Waals surface area contributed by atoms with Crippen molar-refractivity contribution in [3.63, 3.8) is 0 Å². The first kappa shape index (κ1) is 14.5. The van der Waals surface area contributed by atoms with Gasteiger partial charge in [0.2, 0.25) is 0 Å². The summed E-state index contributed by atoms with van der Waals surface area (Å²) in [5.74, 6) is -5.77. The highest BCUT2D eigenvalue weighted by atomic mass is 19.4. The lowest BCUT2D eigenvalue weighted by Gasteiger charge is -2.16. The van der Waals surface area contributed by atoms with Gasteiger partial charge in [-0.05, 0) is 18.9 Å². The summed E-state index contributed by atoms with van der Waals surface area (Å²) < 4.78 is 37.2. The molecule has 0 bridgehead atoms. The molecule has 0 unspecified atom stereocenters. The predicted molar refractivity (Wildman–Crippen MR) is 47.8 cm³/mol. The molecular weight excluding hydrogens is 229 g/mol. The maximum atomic E-state index is 12.4. The largest absolute Gasteiger partial charge is 0.480 e. The van der Waals surface area contributed by atoms with E-state index >= 15 is 0 Å². The molecule has 2 N–H and O–H groups in total. The second kappa shape index (κ2) is 5.00. The highest BCUT2D eigenvalue weighted by Gasteiger charge is 2.39. The zero-order valence-electron chi connectivity index (χ0n) is 8.63. The van der Waals surface area contributed by atoms with E-state index in [1.54, 1.807) is 0 Å². The Balaban J connectivity index is 5.55. The standard InChI is InChI=1S/C9H11F3O4/c1-3-5(9(10,11)12)4(2)6(7(13)14)8(15)16/h6H,3H2,1-2H3,(H,13,14)(H,15,16). The molecule has 0 radical (unpaired) electrons. The fraction of sp³-hybridized carbons (Fsp3) is 0.556. The average molecular weight is 240 g/mol. The molecule has 0 aliphatic heterocycles. The molecule has 0 spiro atoms. The molecular formula is C9H11F3O4. The molecule has 0 heterocycles. The molecule has 0 aliphatic carbocycles. The predicted octanol–water partition coefficient (Wildman–Crippen LogP) is 2.06. The molecule has 16 heavy (non-hydrogen) atoms. The Kier molecular flexibility index (Phi) is 4.52. The van der Waals surface area contributed by atoms with Gasteiger partial charge >= 0.3 is 18.1 Å². The lowest BCUT2D eigenvalue weighted by molar-refractivity contribution is -0.152. The minimum absolute atomic E-state index is 0.466. The van der Waals surface area contributed by atoms with Crippen LogP contribution >= 0.6 is 0 Å². The van der Waals surface area contributed by atoms with Gasteiger partial charge in [0, 0.05) is 5.57 Å². The summed E-state index contributed by atoms with van der Waals surface area (Å²) in [4.78, 5) is 21.1. The van der Waals surface area contributed by atoms with Crippen molar-refractivity contribution in [3.8, 4) is 0 Å². The maximum Gasteiger partial charge on any atom is 0.412 e. The van der Waals surface area contributed by atoms with E-state index < -0.39 is 41.6 Å². The Hall–Kier alpha value is -1.53. The fourth-order valence-electron chi connectivity index (χ4n) is 1.35. The second-order valence-electron chi connectivity index (χ2n) is 3.12. The van der Waals surface area contributed by atoms with Crippen LogP contribution in [0.25, 0.3) is 0 Å². The zero-order chi connectivity index (χ0) is 13.1. The quantitative estimate of drug-likeness (QED) is 0.582. The number of aliphatic carboxylic acids is 2. The third kappa shape index (κ3) is 3.25. The SMILES string of the molecule is CCC(=C(C)C(C(=O)O)C(=O)O)C(F)(F)F. The monoisotopic (exact) mass is 240 g/mol. The maximum absolute atomic E-state index is 12.4. The molecule has 0 atom stereocenters. The normalized spacial score (nSPS) is 13.6. The van der Waals surface area contributed by atoms with Gasteiger partial charge in [0.25, 0.3) is 0 Å². The first-order chi connectivity index (χ1) is 7.12. The summed E-state index contributed by atoms with van der Waals surface area (Å²) in [5, 5.41) is 17.1. The molecule has 0 saturated heterocycles. The van der Waals surface area contributed by atoms with Gasteiger partial charge in [0.15, 0.2) is 5.92 Å². The minimum atomic E-state index is -4.71. The molecule has 0 aliphatic rings. The van der Waals surface area contributed by atoms with Gasteiger partial charge in [0.1, 0.15) is 0 Å². The van der Waals surface area contributed by atoms with Gasteiger partial charge in [-0.3, -0.25) is 9.59 Å². The Labute approximate surface area is 89.4 Å². The number of rotatable bonds is 4. The van der Waals surface area contributed by atoms with E-state index in [-0.39, 0.29) is 0 Å². The Morgan fingerprint density at radius 3 is 1.75 bits per heavy atom. The lowest BCUT2D eigenvalue weighted by Crippen LogP contribution is -2.27. The van der Waals surface area contributed by atoms with Crippen LogP contribution in [0.15, 0.2) is 11.1 Å². The van der Waals surface area contributed by atoms with E-state index in [2.05, 4.69) is 0 Å². The smallest absolute Gasteiger partial charge is 0.412 e. The van der Waals surface area contributed by atoms with Crippen molar-refractivity contribution >= 4 is 11.9 Å². The molecule has 92 valence electrons. The summed E-state index contributed by atoms with van der Waals surface area (Å²) in [6.45, 7) is 2.06. The van der Waals surface area contributed by atoms with E-state index in [0.717, 1.165) is 6.92 Å². The zero-order valence-corrected chi connectivity index (χ0v) is 8.63. The number of allylic oxidation sites excluding steroid dienone is 1.